The first kappa shape index (κ1) is 18.3. The summed E-state index contributed by atoms with van der Waals surface area (Å²) in [7, 11) is 1.62. The summed E-state index contributed by atoms with van der Waals surface area (Å²) in [4.78, 5) is 26.0. The fourth-order valence-electron chi connectivity index (χ4n) is 4.16. The highest BCUT2D eigenvalue weighted by molar-refractivity contribution is 5.89. The topological polar surface area (TPSA) is 61.4 Å². The van der Waals surface area contributed by atoms with E-state index in [2.05, 4.69) is 47.1 Å². The molecule has 1 spiro atoms. The molecule has 0 aromatic heterocycles. The number of rotatable bonds is 3. The number of anilines is 1. The Kier molecular flexibility index (Phi) is 4.90. The first-order chi connectivity index (χ1) is 13.6. The van der Waals surface area contributed by atoms with E-state index in [-0.39, 0.29) is 17.4 Å². The molecule has 5 heteroatoms. The summed E-state index contributed by atoms with van der Waals surface area (Å²) in [6.45, 7) is 1.47. The van der Waals surface area contributed by atoms with Crippen LogP contribution in [-0.2, 0) is 16.6 Å². The van der Waals surface area contributed by atoms with Crippen molar-refractivity contribution < 1.29 is 9.59 Å². The van der Waals surface area contributed by atoms with Crippen molar-refractivity contribution in [3.63, 3.8) is 0 Å². The molecule has 0 bridgehead atoms. The summed E-state index contributed by atoms with van der Waals surface area (Å²) in [5.41, 5.74) is 4.44. The maximum absolute atomic E-state index is 12.7. The molecule has 1 fully saturated rings. The van der Waals surface area contributed by atoms with Crippen molar-refractivity contribution in [2.45, 2.75) is 24.7 Å². The molecule has 0 atom stereocenters. The molecule has 1 aliphatic carbocycles. The van der Waals surface area contributed by atoms with E-state index in [0.717, 1.165) is 37.2 Å². The lowest BCUT2D eigenvalue weighted by atomic mass is 9.74. The van der Waals surface area contributed by atoms with Crippen LogP contribution in [0.15, 0.2) is 54.6 Å². The molecule has 1 aliphatic heterocycles. The van der Waals surface area contributed by atoms with E-state index in [4.69, 9.17) is 0 Å². The Morgan fingerprint density at radius 2 is 1.75 bits per heavy atom. The third kappa shape index (κ3) is 3.52. The van der Waals surface area contributed by atoms with Gasteiger partial charge in [0, 0.05) is 31.2 Å². The molecule has 2 aliphatic rings. The van der Waals surface area contributed by atoms with E-state index in [1.54, 1.807) is 7.05 Å². The lowest BCUT2D eigenvalue weighted by Crippen LogP contribution is -2.45. The molecule has 1 saturated heterocycles. The number of likely N-dealkylation sites (tertiary alicyclic amines) is 1. The largest absolute Gasteiger partial charge is 0.359 e. The van der Waals surface area contributed by atoms with Crippen molar-refractivity contribution in [2.75, 3.05) is 25.5 Å². The Morgan fingerprint density at radius 3 is 2.46 bits per heavy atom. The predicted molar refractivity (Wildman–Crippen MR) is 111 cm³/mol. The molecule has 144 valence electrons. The predicted octanol–water partition coefficient (Wildman–Crippen LogP) is 3.57. The van der Waals surface area contributed by atoms with Crippen molar-refractivity contribution in [3.05, 3.63) is 71.3 Å². The first-order valence-corrected chi connectivity index (χ1v) is 9.74. The molecule has 0 saturated carbocycles. The number of benzene rings is 2. The van der Waals surface area contributed by atoms with Crippen LogP contribution in [0.3, 0.4) is 0 Å². The zero-order valence-corrected chi connectivity index (χ0v) is 16.1. The van der Waals surface area contributed by atoms with Crippen LogP contribution in [0, 0.1) is 0 Å². The van der Waals surface area contributed by atoms with Crippen LogP contribution in [0.25, 0.3) is 6.08 Å². The highest BCUT2D eigenvalue weighted by atomic mass is 16.2. The van der Waals surface area contributed by atoms with Crippen molar-refractivity contribution in [1.29, 1.82) is 0 Å². The van der Waals surface area contributed by atoms with Crippen molar-refractivity contribution in [1.82, 2.24) is 10.2 Å². The Bertz CT molecular complexity index is 910. The zero-order chi connectivity index (χ0) is 19.6. The van der Waals surface area contributed by atoms with E-state index in [1.807, 2.05) is 29.2 Å². The van der Waals surface area contributed by atoms with Gasteiger partial charge in [0.05, 0.1) is 6.42 Å². The van der Waals surface area contributed by atoms with Gasteiger partial charge in [-0.1, -0.05) is 48.6 Å². The third-order valence-electron chi connectivity index (χ3n) is 5.87. The number of amides is 3. The molecular formula is C23H25N3O2. The highest BCUT2D eigenvalue weighted by Gasteiger charge is 2.38. The van der Waals surface area contributed by atoms with E-state index in [0.29, 0.717) is 6.42 Å². The molecule has 0 unspecified atom stereocenters. The lowest BCUT2D eigenvalue weighted by molar-refractivity contribution is -0.119. The number of nitrogens with zero attached hydrogens (tertiary/aromatic N) is 1. The van der Waals surface area contributed by atoms with Gasteiger partial charge in [-0.3, -0.25) is 4.79 Å². The second kappa shape index (κ2) is 7.50. The maximum Gasteiger partial charge on any atom is 0.321 e. The SMILES string of the molecule is CNC(=O)Cc1ccc(NC(=O)N2CCC3(C=Cc4ccccc43)CC2)cc1. The summed E-state index contributed by atoms with van der Waals surface area (Å²) in [6, 6.07) is 15.9. The number of hydrogen-bond acceptors (Lipinski definition) is 2. The Labute approximate surface area is 165 Å². The quantitative estimate of drug-likeness (QED) is 0.862. The van der Waals surface area contributed by atoms with Crippen molar-refractivity contribution in [3.8, 4) is 0 Å². The number of urea groups is 1. The number of hydrogen-bond donors (Lipinski definition) is 2. The number of likely N-dealkylation sites (N-methyl/N-ethyl adjacent to an activating group) is 1. The Balaban J connectivity index is 1.35. The fourth-order valence-corrected chi connectivity index (χ4v) is 4.16. The number of carbonyl (C=O) groups excluding carboxylic acids is 2. The van der Waals surface area contributed by atoms with Gasteiger partial charge < -0.3 is 15.5 Å². The summed E-state index contributed by atoms with van der Waals surface area (Å²) in [5, 5.41) is 5.58. The van der Waals surface area contributed by atoms with Crippen molar-refractivity contribution >= 4 is 23.7 Å². The first-order valence-electron chi connectivity index (χ1n) is 9.74. The molecule has 5 nitrogen and oxygen atoms in total. The van der Waals surface area contributed by atoms with Crippen LogP contribution in [0.4, 0.5) is 10.5 Å². The Hall–Kier alpha value is -3.08. The smallest absolute Gasteiger partial charge is 0.321 e. The monoisotopic (exact) mass is 375 g/mol. The minimum atomic E-state index is -0.0656. The number of piperidine rings is 1. The summed E-state index contributed by atoms with van der Waals surface area (Å²) in [5.74, 6) is -0.0263. The van der Waals surface area contributed by atoms with Crippen LogP contribution in [0.2, 0.25) is 0 Å². The molecular weight excluding hydrogens is 350 g/mol. The number of carbonyl (C=O) groups is 2. The summed E-state index contributed by atoms with van der Waals surface area (Å²) in [6.07, 6.45) is 6.76. The van der Waals surface area contributed by atoms with Gasteiger partial charge in [0.2, 0.25) is 5.91 Å². The number of allylic oxidation sites excluding steroid dienone is 1. The standard InChI is InChI=1S/C23H25N3O2/c1-24-21(27)16-17-6-8-19(9-7-17)25-22(28)26-14-12-23(13-15-26)11-10-18-4-2-3-5-20(18)23/h2-11H,12-16H2,1H3,(H,24,27)(H,25,28). The molecule has 2 N–H and O–H groups in total. The average molecular weight is 375 g/mol. The van der Waals surface area contributed by atoms with Gasteiger partial charge in [-0.2, -0.15) is 0 Å². The molecule has 28 heavy (non-hydrogen) atoms. The van der Waals surface area contributed by atoms with E-state index in [9.17, 15) is 9.59 Å². The van der Waals surface area contributed by atoms with Gasteiger partial charge in [-0.15, -0.1) is 0 Å². The van der Waals surface area contributed by atoms with Crippen molar-refractivity contribution in [2.24, 2.45) is 0 Å². The van der Waals surface area contributed by atoms with Crippen LogP contribution < -0.4 is 10.6 Å². The Morgan fingerprint density at radius 1 is 1.04 bits per heavy atom. The lowest BCUT2D eigenvalue weighted by Gasteiger charge is -2.39. The fraction of sp³-hybridized carbons (Fsp3) is 0.304. The van der Waals surface area contributed by atoms with Gasteiger partial charge in [0.1, 0.15) is 0 Å². The minimum absolute atomic E-state index is 0.0263. The minimum Gasteiger partial charge on any atom is -0.359 e. The van der Waals surface area contributed by atoms with E-state index >= 15 is 0 Å². The number of nitrogens with one attached hydrogen (secondary N) is 2. The molecule has 4 rings (SSSR count). The normalized spacial score (nSPS) is 16.7. The van der Waals surface area contributed by atoms with Gasteiger partial charge in [-0.25, -0.2) is 4.79 Å². The molecule has 2 aromatic rings. The maximum atomic E-state index is 12.7. The molecule has 2 aromatic carbocycles. The molecule has 0 radical (unpaired) electrons. The summed E-state index contributed by atoms with van der Waals surface area (Å²) >= 11 is 0. The van der Waals surface area contributed by atoms with Crippen LogP contribution in [-0.4, -0.2) is 37.0 Å². The van der Waals surface area contributed by atoms with Gasteiger partial charge in [-0.05, 0) is 41.7 Å². The second-order valence-electron chi connectivity index (χ2n) is 7.54. The third-order valence-corrected chi connectivity index (χ3v) is 5.87. The zero-order valence-electron chi connectivity index (χ0n) is 16.1. The molecule has 3 amide bonds. The van der Waals surface area contributed by atoms with E-state index in [1.165, 1.54) is 11.1 Å². The van der Waals surface area contributed by atoms with Gasteiger partial charge in [0.15, 0.2) is 0 Å². The average Bonchev–Trinajstić information content (AvgIpc) is 3.08. The molecule has 1 heterocycles. The van der Waals surface area contributed by atoms with Crippen LogP contribution in [0.1, 0.15) is 29.5 Å². The van der Waals surface area contributed by atoms with Gasteiger partial charge in [0.25, 0.3) is 0 Å². The summed E-state index contributed by atoms with van der Waals surface area (Å²) < 4.78 is 0. The van der Waals surface area contributed by atoms with Crippen LogP contribution in [0.5, 0.6) is 0 Å². The highest BCUT2D eigenvalue weighted by Crippen LogP contribution is 2.43. The van der Waals surface area contributed by atoms with E-state index < -0.39 is 0 Å². The van der Waals surface area contributed by atoms with Gasteiger partial charge >= 0.3 is 6.03 Å². The van der Waals surface area contributed by atoms with Crippen LogP contribution >= 0.6 is 0 Å². The number of fused-ring (bicyclic) bond motifs is 2. The second-order valence-corrected chi connectivity index (χ2v) is 7.54.